The molecular weight excluding hydrogens is 370 g/mol. The van der Waals surface area contributed by atoms with Crippen LogP contribution in [0.15, 0.2) is 91.1 Å². The van der Waals surface area contributed by atoms with E-state index in [4.69, 9.17) is 11.6 Å². The second-order valence-electron chi connectivity index (χ2n) is 6.15. The lowest BCUT2D eigenvalue weighted by atomic mass is 10.0. The first-order chi connectivity index (χ1) is 13.7. The van der Waals surface area contributed by atoms with Gasteiger partial charge in [-0.2, -0.15) is 0 Å². The van der Waals surface area contributed by atoms with Crippen LogP contribution in [0.1, 0.15) is 10.5 Å². The standard InChI is InChI=1S/C23H16ClN3O/c24-18-12-7-13-19(14-18)26-23(28)20-15-25-21(16-8-3-1-4-9-16)22(27-20)17-10-5-2-6-11-17/h1-15H,(H,26,28). The molecule has 136 valence electrons. The zero-order valence-electron chi connectivity index (χ0n) is 14.8. The van der Waals surface area contributed by atoms with Gasteiger partial charge in [-0.15, -0.1) is 0 Å². The van der Waals surface area contributed by atoms with E-state index in [1.54, 1.807) is 24.3 Å². The molecule has 1 N–H and O–H groups in total. The molecule has 3 aromatic carbocycles. The molecule has 0 fully saturated rings. The van der Waals surface area contributed by atoms with Crippen LogP contribution < -0.4 is 5.32 Å². The molecule has 1 amide bonds. The van der Waals surface area contributed by atoms with E-state index < -0.39 is 0 Å². The second-order valence-corrected chi connectivity index (χ2v) is 6.59. The molecule has 0 unspecified atom stereocenters. The summed E-state index contributed by atoms with van der Waals surface area (Å²) in [5, 5.41) is 3.36. The normalized spacial score (nSPS) is 10.5. The third kappa shape index (κ3) is 3.92. The summed E-state index contributed by atoms with van der Waals surface area (Å²) in [5.41, 5.74) is 4.06. The molecule has 4 rings (SSSR count). The number of hydrogen-bond acceptors (Lipinski definition) is 3. The zero-order chi connectivity index (χ0) is 19.3. The van der Waals surface area contributed by atoms with Gasteiger partial charge in [-0.3, -0.25) is 9.78 Å². The lowest BCUT2D eigenvalue weighted by Crippen LogP contribution is -2.15. The van der Waals surface area contributed by atoms with E-state index in [9.17, 15) is 4.79 Å². The Morgan fingerprint density at radius 2 is 1.43 bits per heavy atom. The molecular formula is C23H16ClN3O. The largest absolute Gasteiger partial charge is 0.321 e. The summed E-state index contributed by atoms with van der Waals surface area (Å²) in [4.78, 5) is 21.9. The van der Waals surface area contributed by atoms with Gasteiger partial charge >= 0.3 is 0 Å². The molecule has 0 saturated carbocycles. The first-order valence-corrected chi connectivity index (χ1v) is 9.13. The molecule has 28 heavy (non-hydrogen) atoms. The quantitative estimate of drug-likeness (QED) is 0.489. The predicted molar refractivity (Wildman–Crippen MR) is 112 cm³/mol. The molecule has 1 heterocycles. The van der Waals surface area contributed by atoms with Crippen molar-refractivity contribution in [3.05, 3.63) is 102 Å². The fourth-order valence-electron chi connectivity index (χ4n) is 2.86. The summed E-state index contributed by atoms with van der Waals surface area (Å²) in [7, 11) is 0. The lowest BCUT2D eigenvalue weighted by molar-refractivity contribution is 0.102. The number of anilines is 1. The van der Waals surface area contributed by atoms with E-state index in [0.717, 1.165) is 16.8 Å². The van der Waals surface area contributed by atoms with Crippen LogP contribution in [-0.2, 0) is 0 Å². The van der Waals surface area contributed by atoms with Crippen molar-refractivity contribution >= 4 is 23.2 Å². The van der Waals surface area contributed by atoms with E-state index in [2.05, 4.69) is 15.3 Å². The number of benzene rings is 3. The van der Waals surface area contributed by atoms with Gasteiger partial charge < -0.3 is 5.32 Å². The van der Waals surface area contributed by atoms with Crippen molar-refractivity contribution in [3.8, 4) is 22.5 Å². The van der Waals surface area contributed by atoms with Crippen molar-refractivity contribution in [1.29, 1.82) is 0 Å². The predicted octanol–water partition coefficient (Wildman–Crippen LogP) is 5.72. The summed E-state index contributed by atoms with van der Waals surface area (Å²) >= 11 is 5.99. The molecule has 0 aliphatic rings. The number of amides is 1. The average molecular weight is 386 g/mol. The second kappa shape index (κ2) is 8.03. The maximum atomic E-state index is 12.7. The highest BCUT2D eigenvalue weighted by Crippen LogP contribution is 2.28. The molecule has 1 aromatic heterocycles. The number of halogens is 1. The van der Waals surface area contributed by atoms with Gasteiger partial charge in [0.05, 0.1) is 17.6 Å². The molecule has 0 atom stereocenters. The topological polar surface area (TPSA) is 54.9 Å². The molecule has 0 saturated heterocycles. The van der Waals surface area contributed by atoms with Crippen molar-refractivity contribution < 1.29 is 4.79 Å². The van der Waals surface area contributed by atoms with E-state index in [0.29, 0.717) is 16.4 Å². The fourth-order valence-corrected chi connectivity index (χ4v) is 3.05. The number of hydrogen-bond donors (Lipinski definition) is 1. The van der Waals surface area contributed by atoms with Crippen molar-refractivity contribution in [2.24, 2.45) is 0 Å². The van der Waals surface area contributed by atoms with Crippen molar-refractivity contribution in [2.75, 3.05) is 5.32 Å². The van der Waals surface area contributed by atoms with Gasteiger partial charge in [0.2, 0.25) is 0 Å². The van der Waals surface area contributed by atoms with Crippen LogP contribution in [0.2, 0.25) is 5.02 Å². The van der Waals surface area contributed by atoms with E-state index in [1.807, 2.05) is 60.7 Å². The summed E-state index contributed by atoms with van der Waals surface area (Å²) < 4.78 is 0. The van der Waals surface area contributed by atoms with Crippen LogP contribution >= 0.6 is 11.6 Å². The minimum Gasteiger partial charge on any atom is -0.321 e. The first kappa shape index (κ1) is 17.9. The smallest absolute Gasteiger partial charge is 0.275 e. The highest BCUT2D eigenvalue weighted by atomic mass is 35.5. The highest BCUT2D eigenvalue weighted by molar-refractivity contribution is 6.30. The molecule has 4 nitrogen and oxygen atoms in total. The van der Waals surface area contributed by atoms with Gasteiger partial charge in [-0.25, -0.2) is 4.98 Å². The number of carbonyl (C=O) groups excluding carboxylic acids is 1. The number of carbonyl (C=O) groups is 1. The number of nitrogens with zero attached hydrogens (tertiary/aromatic N) is 2. The van der Waals surface area contributed by atoms with Gasteiger partial charge in [0, 0.05) is 21.8 Å². The molecule has 0 aliphatic carbocycles. The molecule has 0 aliphatic heterocycles. The molecule has 0 radical (unpaired) electrons. The Balaban J connectivity index is 1.75. The Labute approximate surface area is 167 Å². The summed E-state index contributed by atoms with van der Waals surface area (Å²) in [6, 6.07) is 26.5. The van der Waals surface area contributed by atoms with Crippen LogP contribution in [0.4, 0.5) is 5.69 Å². The Kier molecular flexibility index (Phi) is 5.13. The Morgan fingerprint density at radius 1 is 0.786 bits per heavy atom. The third-order valence-corrected chi connectivity index (χ3v) is 4.42. The highest BCUT2D eigenvalue weighted by Gasteiger charge is 2.16. The zero-order valence-corrected chi connectivity index (χ0v) is 15.6. The number of rotatable bonds is 4. The fraction of sp³-hybridized carbons (Fsp3) is 0. The van der Waals surface area contributed by atoms with Crippen molar-refractivity contribution in [3.63, 3.8) is 0 Å². The van der Waals surface area contributed by atoms with Crippen LogP contribution in [0.3, 0.4) is 0 Å². The molecule has 4 aromatic rings. The van der Waals surface area contributed by atoms with Crippen molar-refractivity contribution in [2.45, 2.75) is 0 Å². The average Bonchev–Trinajstić information content (AvgIpc) is 2.74. The Morgan fingerprint density at radius 3 is 2.07 bits per heavy atom. The van der Waals surface area contributed by atoms with Crippen LogP contribution in [0, 0.1) is 0 Å². The lowest BCUT2D eigenvalue weighted by Gasteiger charge is -2.11. The van der Waals surface area contributed by atoms with Crippen molar-refractivity contribution in [1.82, 2.24) is 9.97 Å². The van der Waals surface area contributed by atoms with Gasteiger partial charge in [-0.1, -0.05) is 78.3 Å². The van der Waals surface area contributed by atoms with Crippen LogP contribution in [0.5, 0.6) is 0 Å². The van der Waals surface area contributed by atoms with Gasteiger partial charge in [0.25, 0.3) is 5.91 Å². The SMILES string of the molecule is O=C(Nc1cccc(Cl)c1)c1cnc(-c2ccccc2)c(-c2ccccc2)n1. The van der Waals surface area contributed by atoms with E-state index >= 15 is 0 Å². The summed E-state index contributed by atoms with van der Waals surface area (Å²) in [6.07, 6.45) is 1.49. The van der Waals surface area contributed by atoms with Gasteiger partial charge in [0.15, 0.2) is 0 Å². The Hall–Kier alpha value is -3.50. The minimum absolute atomic E-state index is 0.235. The number of aromatic nitrogens is 2. The van der Waals surface area contributed by atoms with Gasteiger partial charge in [-0.05, 0) is 18.2 Å². The molecule has 0 spiro atoms. The third-order valence-electron chi connectivity index (χ3n) is 4.18. The summed E-state index contributed by atoms with van der Waals surface area (Å²) in [6.45, 7) is 0. The first-order valence-electron chi connectivity index (χ1n) is 8.75. The van der Waals surface area contributed by atoms with Gasteiger partial charge in [0.1, 0.15) is 5.69 Å². The van der Waals surface area contributed by atoms with E-state index in [-0.39, 0.29) is 11.6 Å². The number of nitrogens with one attached hydrogen (secondary N) is 1. The van der Waals surface area contributed by atoms with Crippen LogP contribution in [-0.4, -0.2) is 15.9 Å². The van der Waals surface area contributed by atoms with E-state index in [1.165, 1.54) is 6.20 Å². The monoisotopic (exact) mass is 385 g/mol. The maximum absolute atomic E-state index is 12.7. The molecule has 0 bridgehead atoms. The van der Waals surface area contributed by atoms with Crippen LogP contribution in [0.25, 0.3) is 22.5 Å². The maximum Gasteiger partial charge on any atom is 0.275 e. The summed E-state index contributed by atoms with van der Waals surface area (Å²) in [5.74, 6) is -0.341. The minimum atomic E-state index is -0.341. The molecule has 5 heteroatoms. The Bertz CT molecular complexity index is 1120.